The molecule has 2 aromatic carbocycles. The topological polar surface area (TPSA) is 154 Å². The second kappa shape index (κ2) is 7.02. The second-order valence-electron chi connectivity index (χ2n) is 6.71. The summed E-state index contributed by atoms with van der Waals surface area (Å²) in [6.45, 7) is 0. The first kappa shape index (κ1) is 18.4. The van der Waals surface area contributed by atoms with Crippen molar-refractivity contribution >= 4 is 17.3 Å². The van der Waals surface area contributed by atoms with E-state index in [0.717, 1.165) is 5.56 Å². The van der Waals surface area contributed by atoms with Crippen molar-refractivity contribution in [1.29, 1.82) is 0 Å². The Morgan fingerprint density at radius 1 is 1.16 bits per heavy atom. The van der Waals surface area contributed by atoms with E-state index in [1.54, 1.807) is 25.3 Å². The van der Waals surface area contributed by atoms with Gasteiger partial charge in [-0.05, 0) is 28.6 Å². The molecular weight excluding hydrogens is 404 g/mol. The van der Waals surface area contributed by atoms with Gasteiger partial charge in [0.2, 0.25) is 5.95 Å². The summed E-state index contributed by atoms with van der Waals surface area (Å²) in [6, 6.07) is 12.6. The van der Waals surface area contributed by atoms with Gasteiger partial charge >= 0.3 is 0 Å². The lowest BCUT2D eigenvalue weighted by Gasteiger charge is -2.28. The molecule has 0 amide bonds. The van der Waals surface area contributed by atoms with E-state index in [2.05, 4.69) is 31.0 Å². The number of nitrogens with zero attached hydrogens (tertiary/aromatic N) is 6. The minimum atomic E-state index is -0.627. The van der Waals surface area contributed by atoms with Crippen molar-refractivity contribution < 1.29 is 9.66 Å². The number of tetrazole rings is 1. The van der Waals surface area contributed by atoms with Gasteiger partial charge in [0.25, 0.3) is 11.2 Å². The predicted octanol–water partition coefficient (Wildman–Crippen LogP) is 2.03. The summed E-state index contributed by atoms with van der Waals surface area (Å²) >= 11 is 0. The monoisotopic (exact) mass is 418 g/mol. The van der Waals surface area contributed by atoms with Crippen LogP contribution in [0.4, 0.5) is 17.3 Å². The molecular formula is C19H14N8O4. The summed E-state index contributed by atoms with van der Waals surface area (Å²) in [4.78, 5) is 23.2. The molecule has 1 atom stereocenters. The van der Waals surface area contributed by atoms with Crippen molar-refractivity contribution in [3.8, 4) is 17.0 Å². The van der Waals surface area contributed by atoms with Crippen molar-refractivity contribution in [2.75, 3.05) is 12.4 Å². The van der Waals surface area contributed by atoms with E-state index < -0.39 is 16.5 Å². The van der Waals surface area contributed by atoms with E-state index in [1.807, 2.05) is 18.2 Å². The fourth-order valence-electron chi connectivity index (χ4n) is 3.68. The molecule has 0 saturated heterocycles. The van der Waals surface area contributed by atoms with Crippen LogP contribution in [-0.2, 0) is 0 Å². The lowest BCUT2D eigenvalue weighted by molar-refractivity contribution is -0.384. The normalized spacial score (nSPS) is 14.3. The standard InChI is InChI=1S/C19H14N8O4/c1-31-13-5-3-2-4-12(13)17-14-15(10-6-8-11(9-7-10)27(29)30)21-22-18(28)16(14)20-19-23-24-25-26(17)19/h2-9,17H,1H3,(H,22,28)(H,20,23,25)/t17-/m0/s1. The molecule has 1 aliphatic heterocycles. The minimum Gasteiger partial charge on any atom is -0.496 e. The molecule has 0 bridgehead atoms. The number of aromatic amines is 1. The van der Waals surface area contributed by atoms with Gasteiger partial charge in [-0.3, -0.25) is 14.9 Å². The number of fused-ring (bicyclic) bond motifs is 2. The van der Waals surface area contributed by atoms with Crippen molar-refractivity contribution in [1.82, 2.24) is 30.4 Å². The van der Waals surface area contributed by atoms with Crippen LogP contribution in [0.2, 0.25) is 0 Å². The molecule has 12 heteroatoms. The molecule has 5 rings (SSSR count). The van der Waals surface area contributed by atoms with Gasteiger partial charge in [0.05, 0.1) is 17.7 Å². The second-order valence-corrected chi connectivity index (χ2v) is 6.71. The van der Waals surface area contributed by atoms with Crippen LogP contribution < -0.4 is 15.6 Å². The van der Waals surface area contributed by atoms with Crippen LogP contribution >= 0.6 is 0 Å². The Kier molecular flexibility index (Phi) is 4.17. The van der Waals surface area contributed by atoms with E-state index in [9.17, 15) is 14.9 Å². The molecule has 0 aliphatic carbocycles. The Labute approximate surface area is 173 Å². The molecule has 2 aromatic heterocycles. The molecule has 0 fully saturated rings. The zero-order valence-electron chi connectivity index (χ0n) is 16.0. The average molecular weight is 418 g/mol. The zero-order chi connectivity index (χ0) is 21.5. The Balaban J connectivity index is 1.79. The fourth-order valence-corrected chi connectivity index (χ4v) is 3.68. The van der Waals surface area contributed by atoms with E-state index >= 15 is 0 Å². The van der Waals surface area contributed by atoms with Crippen LogP contribution in [0.1, 0.15) is 17.2 Å². The van der Waals surface area contributed by atoms with Gasteiger partial charge < -0.3 is 10.1 Å². The van der Waals surface area contributed by atoms with Crippen molar-refractivity contribution in [3.63, 3.8) is 0 Å². The molecule has 4 aromatic rings. The van der Waals surface area contributed by atoms with Gasteiger partial charge in [0, 0.05) is 28.8 Å². The molecule has 0 saturated carbocycles. The highest BCUT2D eigenvalue weighted by Gasteiger charge is 2.35. The number of ether oxygens (including phenoxy) is 1. The van der Waals surface area contributed by atoms with Crippen LogP contribution in [0.15, 0.2) is 53.3 Å². The summed E-state index contributed by atoms with van der Waals surface area (Å²) in [5.74, 6) is 0.867. The highest BCUT2D eigenvalue weighted by Crippen LogP contribution is 2.43. The number of rotatable bonds is 4. The summed E-state index contributed by atoms with van der Waals surface area (Å²) < 4.78 is 7.08. The maximum absolute atomic E-state index is 12.7. The number of anilines is 2. The number of benzene rings is 2. The van der Waals surface area contributed by atoms with Crippen LogP contribution in [0, 0.1) is 10.1 Å². The quantitative estimate of drug-likeness (QED) is 0.329. The highest BCUT2D eigenvalue weighted by atomic mass is 16.6. The number of H-pyrrole nitrogens is 1. The van der Waals surface area contributed by atoms with Gasteiger partial charge in [-0.1, -0.05) is 23.3 Å². The number of hydrogen-bond acceptors (Lipinski definition) is 9. The largest absolute Gasteiger partial charge is 0.496 e. The third-order valence-corrected chi connectivity index (χ3v) is 5.05. The van der Waals surface area contributed by atoms with Crippen LogP contribution in [-0.4, -0.2) is 42.4 Å². The lowest BCUT2D eigenvalue weighted by Crippen LogP contribution is -2.29. The summed E-state index contributed by atoms with van der Waals surface area (Å²) in [6.07, 6.45) is 0. The number of hydrogen-bond donors (Lipinski definition) is 2. The molecule has 154 valence electrons. The molecule has 1 aliphatic rings. The van der Waals surface area contributed by atoms with Crippen LogP contribution in [0.3, 0.4) is 0 Å². The predicted molar refractivity (Wildman–Crippen MR) is 108 cm³/mol. The van der Waals surface area contributed by atoms with Crippen molar-refractivity contribution in [2.45, 2.75) is 6.04 Å². The SMILES string of the molecule is COc1ccccc1[C@H]1c2c(-c3ccc([N+](=O)[O-])cc3)n[nH]c(=O)c2Nc2nnnn21. The lowest BCUT2D eigenvalue weighted by atomic mass is 9.92. The number of nitrogens with one attached hydrogen (secondary N) is 2. The van der Waals surface area contributed by atoms with Gasteiger partial charge in [0.1, 0.15) is 17.5 Å². The number of nitro groups is 1. The van der Waals surface area contributed by atoms with Crippen molar-refractivity contribution in [2.24, 2.45) is 0 Å². The molecule has 0 radical (unpaired) electrons. The van der Waals surface area contributed by atoms with E-state index in [4.69, 9.17) is 4.74 Å². The number of para-hydroxylation sites is 1. The minimum absolute atomic E-state index is 0.0517. The Morgan fingerprint density at radius 2 is 1.94 bits per heavy atom. The average Bonchev–Trinajstić information content (AvgIpc) is 3.27. The summed E-state index contributed by atoms with van der Waals surface area (Å²) in [7, 11) is 1.55. The third-order valence-electron chi connectivity index (χ3n) is 5.05. The third kappa shape index (κ3) is 2.88. The number of methoxy groups -OCH3 is 1. The molecule has 0 spiro atoms. The summed E-state index contributed by atoms with van der Waals surface area (Å²) in [5, 5.41) is 32.5. The molecule has 0 unspecified atom stereocenters. The smallest absolute Gasteiger partial charge is 0.288 e. The Bertz CT molecular complexity index is 1360. The van der Waals surface area contributed by atoms with Crippen LogP contribution in [0.25, 0.3) is 11.3 Å². The molecule has 3 heterocycles. The zero-order valence-corrected chi connectivity index (χ0v) is 16.0. The maximum atomic E-state index is 12.7. The molecule has 31 heavy (non-hydrogen) atoms. The molecule has 12 nitrogen and oxygen atoms in total. The van der Waals surface area contributed by atoms with Crippen molar-refractivity contribution in [3.05, 3.63) is 80.1 Å². The first-order valence-electron chi connectivity index (χ1n) is 9.13. The molecule has 2 N–H and O–H groups in total. The first-order chi connectivity index (χ1) is 15.1. The number of aromatic nitrogens is 6. The number of non-ortho nitro benzene ring substituents is 1. The first-order valence-corrected chi connectivity index (χ1v) is 9.13. The van der Waals surface area contributed by atoms with Gasteiger partial charge in [-0.25, -0.2) is 5.10 Å². The van der Waals surface area contributed by atoms with E-state index in [-0.39, 0.29) is 17.3 Å². The van der Waals surface area contributed by atoms with E-state index in [1.165, 1.54) is 16.8 Å². The van der Waals surface area contributed by atoms with Gasteiger partial charge in [-0.2, -0.15) is 9.78 Å². The Hall–Kier alpha value is -4.61. The number of nitro benzene ring substituents is 1. The highest BCUT2D eigenvalue weighted by molar-refractivity contribution is 5.76. The fraction of sp³-hybridized carbons (Fsp3) is 0.105. The Morgan fingerprint density at radius 3 is 2.68 bits per heavy atom. The van der Waals surface area contributed by atoms with Gasteiger partial charge in [-0.15, -0.1) is 0 Å². The van der Waals surface area contributed by atoms with Gasteiger partial charge in [0.15, 0.2) is 0 Å². The van der Waals surface area contributed by atoms with Crippen LogP contribution in [0.5, 0.6) is 5.75 Å². The van der Waals surface area contributed by atoms with E-state index in [0.29, 0.717) is 22.6 Å². The maximum Gasteiger partial charge on any atom is 0.288 e. The summed E-state index contributed by atoms with van der Waals surface area (Å²) in [5.41, 5.74) is 1.98.